The minimum absolute atomic E-state index is 0.00809. The van der Waals surface area contributed by atoms with Gasteiger partial charge in [-0.1, -0.05) is 31.5 Å². The molecule has 0 saturated heterocycles. The molecule has 2 rings (SSSR count). The van der Waals surface area contributed by atoms with Crippen molar-refractivity contribution in [3.63, 3.8) is 0 Å². The van der Waals surface area contributed by atoms with E-state index in [1.165, 1.54) is 6.07 Å². The summed E-state index contributed by atoms with van der Waals surface area (Å²) < 4.78 is 5.50. The minimum Gasteiger partial charge on any atom is -0.506 e. The Labute approximate surface area is 133 Å². The van der Waals surface area contributed by atoms with Gasteiger partial charge >= 0.3 is 0 Å². The predicted octanol–water partition coefficient (Wildman–Crippen LogP) is 2.97. The fraction of sp³-hybridized carbons (Fsp3) is 0.400. The molecule has 0 saturated carbocycles. The molecule has 0 unspecified atom stereocenters. The minimum atomic E-state index is -0.375. The molecule has 1 amide bonds. The van der Waals surface area contributed by atoms with Crippen LogP contribution in [0.25, 0.3) is 0 Å². The summed E-state index contributed by atoms with van der Waals surface area (Å²) in [7, 11) is 0. The number of hydrogen-bond acceptors (Lipinski definition) is 5. The van der Waals surface area contributed by atoms with Crippen LogP contribution in [0.5, 0.6) is 5.75 Å². The Hall–Kier alpha value is -2.08. The second-order valence-electron chi connectivity index (χ2n) is 5.38. The highest BCUT2D eigenvalue weighted by atomic mass is 35.5. The number of aromatic hydroxyl groups is 1. The first-order valence-corrected chi connectivity index (χ1v) is 7.34. The van der Waals surface area contributed by atoms with Crippen LogP contribution < -0.4 is 5.32 Å². The van der Waals surface area contributed by atoms with Crippen LogP contribution >= 0.6 is 11.6 Å². The molecule has 7 heteroatoms. The SMILES string of the molecule is CC(C)c1nnc([C@@H](C)NC(=O)Cc2ccc(O)c(Cl)c2)o1. The molecule has 0 fully saturated rings. The van der Waals surface area contributed by atoms with Crippen LogP contribution in [0, 0.1) is 0 Å². The van der Waals surface area contributed by atoms with Crippen molar-refractivity contribution in [2.24, 2.45) is 0 Å². The molecule has 0 radical (unpaired) electrons. The summed E-state index contributed by atoms with van der Waals surface area (Å²) in [6.45, 7) is 5.68. The summed E-state index contributed by atoms with van der Waals surface area (Å²) >= 11 is 5.82. The van der Waals surface area contributed by atoms with Crippen molar-refractivity contribution in [1.29, 1.82) is 0 Å². The molecule has 2 N–H and O–H groups in total. The molecule has 1 aromatic carbocycles. The van der Waals surface area contributed by atoms with E-state index in [1.807, 2.05) is 13.8 Å². The maximum Gasteiger partial charge on any atom is 0.238 e. The van der Waals surface area contributed by atoms with E-state index < -0.39 is 0 Å². The zero-order valence-corrected chi connectivity index (χ0v) is 13.4. The standard InChI is InChI=1S/C15H18ClN3O3/c1-8(2)14-18-19-15(22-14)9(3)17-13(21)7-10-4-5-12(20)11(16)6-10/h4-6,8-9,20H,7H2,1-3H3,(H,17,21)/t9-/m1/s1. The van der Waals surface area contributed by atoms with Gasteiger partial charge in [0.1, 0.15) is 11.8 Å². The number of carbonyl (C=O) groups is 1. The van der Waals surface area contributed by atoms with E-state index in [-0.39, 0.29) is 35.1 Å². The van der Waals surface area contributed by atoms with Crippen molar-refractivity contribution >= 4 is 17.5 Å². The highest BCUT2D eigenvalue weighted by Crippen LogP contribution is 2.24. The van der Waals surface area contributed by atoms with Gasteiger partial charge in [-0.15, -0.1) is 10.2 Å². The Balaban J connectivity index is 1.96. The lowest BCUT2D eigenvalue weighted by atomic mass is 10.1. The summed E-state index contributed by atoms with van der Waals surface area (Å²) in [5.41, 5.74) is 0.709. The molecule has 0 aliphatic carbocycles. The molecule has 0 aliphatic rings. The van der Waals surface area contributed by atoms with Gasteiger partial charge in [0.25, 0.3) is 0 Å². The molecule has 0 aliphatic heterocycles. The van der Waals surface area contributed by atoms with E-state index >= 15 is 0 Å². The highest BCUT2D eigenvalue weighted by Gasteiger charge is 2.17. The zero-order chi connectivity index (χ0) is 16.3. The molecule has 1 aromatic heterocycles. The number of phenols is 1. The third-order valence-corrected chi connectivity index (χ3v) is 3.38. The number of benzene rings is 1. The fourth-order valence-corrected chi connectivity index (χ4v) is 2.06. The smallest absolute Gasteiger partial charge is 0.238 e. The summed E-state index contributed by atoms with van der Waals surface area (Å²) in [4.78, 5) is 12.0. The van der Waals surface area contributed by atoms with Gasteiger partial charge < -0.3 is 14.8 Å². The quantitative estimate of drug-likeness (QED) is 0.883. The molecule has 1 atom stereocenters. The lowest BCUT2D eigenvalue weighted by Crippen LogP contribution is -2.28. The first-order valence-electron chi connectivity index (χ1n) is 6.97. The lowest BCUT2D eigenvalue weighted by Gasteiger charge is -2.10. The van der Waals surface area contributed by atoms with Gasteiger partial charge in [0.2, 0.25) is 17.7 Å². The summed E-state index contributed by atoms with van der Waals surface area (Å²) in [6, 6.07) is 4.29. The van der Waals surface area contributed by atoms with E-state index in [2.05, 4.69) is 15.5 Å². The molecular weight excluding hydrogens is 306 g/mol. The third-order valence-electron chi connectivity index (χ3n) is 3.07. The van der Waals surface area contributed by atoms with Crippen LogP contribution in [0.4, 0.5) is 0 Å². The average Bonchev–Trinajstić information content (AvgIpc) is 2.93. The zero-order valence-electron chi connectivity index (χ0n) is 12.6. The number of carbonyl (C=O) groups excluding carboxylic acids is 1. The first-order chi connectivity index (χ1) is 10.4. The number of phenolic OH excluding ortho intramolecular Hbond substituents is 1. The molecule has 1 heterocycles. The largest absolute Gasteiger partial charge is 0.506 e. The maximum absolute atomic E-state index is 12.0. The second-order valence-corrected chi connectivity index (χ2v) is 5.79. The molecule has 0 bridgehead atoms. The maximum atomic E-state index is 12.0. The van der Waals surface area contributed by atoms with Crippen molar-refractivity contribution < 1.29 is 14.3 Å². The van der Waals surface area contributed by atoms with Gasteiger partial charge in [-0.25, -0.2) is 0 Å². The van der Waals surface area contributed by atoms with Crippen LogP contribution in [0.3, 0.4) is 0 Å². The van der Waals surface area contributed by atoms with Gasteiger partial charge in [-0.2, -0.15) is 0 Å². The van der Waals surface area contributed by atoms with Gasteiger partial charge in [-0.3, -0.25) is 4.79 Å². The number of nitrogens with zero attached hydrogens (tertiary/aromatic N) is 2. The van der Waals surface area contributed by atoms with Gasteiger partial charge in [-0.05, 0) is 24.6 Å². The monoisotopic (exact) mass is 323 g/mol. The van der Waals surface area contributed by atoms with E-state index in [0.29, 0.717) is 17.3 Å². The lowest BCUT2D eigenvalue weighted by molar-refractivity contribution is -0.121. The molecule has 6 nitrogen and oxygen atoms in total. The van der Waals surface area contributed by atoms with Crippen molar-refractivity contribution in [2.45, 2.75) is 39.2 Å². The van der Waals surface area contributed by atoms with E-state index in [0.717, 1.165) is 0 Å². The second kappa shape index (κ2) is 6.79. The van der Waals surface area contributed by atoms with E-state index in [9.17, 15) is 9.90 Å². The Morgan fingerprint density at radius 3 is 2.59 bits per heavy atom. The Kier molecular flexibility index (Phi) is 5.03. The van der Waals surface area contributed by atoms with Crippen LogP contribution in [-0.2, 0) is 11.2 Å². The molecular formula is C15H18ClN3O3. The van der Waals surface area contributed by atoms with Gasteiger partial charge in [0.05, 0.1) is 11.4 Å². The van der Waals surface area contributed by atoms with Crippen LogP contribution in [0.15, 0.2) is 22.6 Å². The summed E-state index contributed by atoms with van der Waals surface area (Å²) in [5.74, 6) is 0.857. The highest BCUT2D eigenvalue weighted by molar-refractivity contribution is 6.32. The third kappa shape index (κ3) is 3.98. The molecule has 22 heavy (non-hydrogen) atoms. The number of halogens is 1. The Morgan fingerprint density at radius 1 is 1.32 bits per heavy atom. The van der Waals surface area contributed by atoms with Crippen molar-refractivity contribution in [3.05, 3.63) is 40.6 Å². The Morgan fingerprint density at radius 2 is 2.00 bits per heavy atom. The van der Waals surface area contributed by atoms with Gasteiger partial charge in [0.15, 0.2) is 0 Å². The van der Waals surface area contributed by atoms with Crippen LogP contribution in [0.2, 0.25) is 5.02 Å². The van der Waals surface area contributed by atoms with E-state index in [4.69, 9.17) is 16.0 Å². The number of amides is 1. The van der Waals surface area contributed by atoms with Crippen molar-refractivity contribution in [3.8, 4) is 5.75 Å². The molecule has 0 spiro atoms. The van der Waals surface area contributed by atoms with Crippen molar-refractivity contribution in [1.82, 2.24) is 15.5 Å². The van der Waals surface area contributed by atoms with Crippen LogP contribution in [-0.4, -0.2) is 21.2 Å². The van der Waals surface area contributed by atoms with Gasteiger partial charge in [0, 0.05) is 5.92 Å². The Bertz CT molecular complexity index is 670. The normalized spacial score (nSPS) is 12.4. The number of nitrogens with one attached hydrogen (secondary N) is 1. The summed E-state index contributed by atoms with van der Waals surface area (Å²) in [5, 5.41) is 20.2. The molecule has 118 valence electrons. The fourth-order valence-electron chi connectivity index (χ4n) is 1.85. The molecule has 2 aromatic rings. The topological polar surface area (TPSA) is 88.2 Å². The number of aromatic nitrogens is 2. The number of hydrogen-bond donors (Lipinski definition) is 2. The average molecular weight is 324 g/mol. The summed E-state index contributed by atoms with van der Waals surface area (Å²) in [6.07, 6.45) is 0.148. The number of rotatable bonds is 5. The van der Waals surface area contributed by atoms with Crippen LogP contribution in [0.1, 0.15) is 50.1 Å². The van der Waals surface area contributed by atoms with Crippen molar-refractivity contribution in [2.75, 3.05) is 0 Å². The predicted molar refractivity (Wildman–Crippen MR) is 81.8 cm³/mol. The van der Waals surface area contributed by atoms with E-state index in [1.54, 1.807) is 19.1 Å². The first kappa shape index (κ1) is 16.3.